The zero-order chi connectivity index (χ0) is 13.7. The Hall–Kier alpha value is -2.03. The number of phenolic OH excluding ortho intramolecular Hbond substituents is 1. The number of phenols is 1. The zero-order valence-electron chi connectivity index (χ0n) is 11.4. The van der Waals surface area contributed by atoms with Crippen LogP contribution in [0.25, 0.3) is 0 Å². The third-order valence-electron chi connectivity index (χ3n) is 3.24. The summed E-state index contributed by atoms with van der Waals surface area (Å²) in [6, 6.07) is 9.80. The molecule has 0 aliphatic rings. The van der Waals surface area contributed by atoms with E-state index in [1.165, 1.54) is 11.1 Å². The number of aromatic nitrogens is 1. The highest BCUT2D eigenvalue weighted by Gasteiger charge is 2.05. The van der Waals surface area contributed by atoms with Crippen molar-refractivity contribution in [3.63, 3.8) is 0 Å². The maximum atomic E-state index is 9.24. The highest BCUT2D eigenvalue weighted by atomic mass is 16.3. The summed E-state index contributed by atoms with van der Waals surface area (Å²) in [4.78, 5) is 4.14. The normalized spacial score (nSPS) is 12.1. The van der Waals surface area contributed by atoms with Crippen molar-refractivity contribution in [2.45, 2.75) is 32.7 Å². The van der Waals surface area contributed by atoms with Gasteiger partial charge >= 0.3 is 0 Å². The van der Waals surface area contributed by atoms with Crippen molar-refractivity contribution in [2.24, 2.45) is 0 Å². The number of hydrogen-bond acceptors (Lipinski definition) is 3. The second-order valence-electron chi connectivity index (χ2n) is 4.94. The van der Waals surface area contributed by atoms with Gasteiger partial charge in [0.25, 0.3) is 0 Å². The van der Waals surface area contributed by atoms with Crippen LogP contribution in [0.5, 0.6) is 5.75 Å². The second-order valence-corrected chi connectivity index (χ2v) is 4.94. The maximum absolute atomic E-state index is 9.24. The van der Waals surface area contributed by atoms with Gasteiger partial charge in [0.2, 0.25) is 0 Å². The molecule has 0 aliphatic carbocycles. The summed E-state index contributed by atoms with van der Waals surface area (Å²) in [5, 5.41) is 12.7. The van der Waals surface area contributed by atoms with Gasteiger partial charge in [-0.05, 0) is 56.0 Å². The first-order valence-corrected chi connectivity index (χ1v) is 6.60. The number of nitrogens with zero attached hydrogens (tertiary/aromatic N) is 1. The lowest BCUT2D eigenvalue weighted by Gasteiger charge is -2.16. The van der Waals surface area contributed by atoms with Gasteiger partial charge in [0.05, 0.1) is 11.9 Å². The van der Waals surface area contributed by atoms with E-state index >= 15 is 0 Å². The number of benzene rings is 1. The van der Waals surface area contributed by atoms with Crippen LogP contribution in [0.4, 0.5) is 5.69 Å². The van der Waals surface area contributed by atoms with E-state index in [4.69, 9.17) is 0 Å². The third kappa shape index (κ3) is 3.98. The van der Waals surface area contributed by atoms with Gasteiger partial charge in [-0.3, -0.25) is 4.98 Å². The summed E-state index contributed by atoms with van der Waals surface area (Å²) < 4.78 is 0. The van der Waals surface area contributed by atoms with Crippen LogP contribution in [0.1, 0.15) is 24.5 Å². The molecule has 19 heavy (non-hydrogen) atoms. The molecule has 0 radical (unpaired) electrons. The van der Waals surface area contributed by atoms with Gasteiger partial charge in [-0.1, -0.05) is 12.1 Å². The molecule has 2 rings (SSSR count). The molecule has 1 unspecified atom stereocenters. The molecule has 3 nitrogen and oxygen atoms in total. The Labute approximate surface area is 114 Å². The molecule has 0 aliphatic heterocycles. The minimum Gasteiger partial charge on any atom is -0.508 e. The molecule has 0 saturated heterocycles. The van der Waals surface area contributed by atoms with E-state index in [9.17, 15) is 5.11 Å². The van der Waals surface area contributed by atoms with E-state index in [-0.39, 0.29) is 0 Å². The Morgan fingerprint density at radius 1 is 1.21 bits per heavy atom. The number of nitrogens with one attached hydrogen (secondary N) is 1. The molecule has 1 aromatic carbocycles. The molecule has 2 N–H and O–H groups in total. The molecule has 2 aromatic rings. The average Bonchev–Trinajstić information content (AvgIpc) is 2.41. The van der Waals surface area contributed by atoms with Gasteiger partial charge in [-0.25, -0.2) is 0 Å². The molecule has 0 amide bonds. The summed E-state index contributed by atoms with van der Waals surface area (Å²) in [7, 11) is 0. The van der Waals surface area contributed by atoms with Crippen LogP contribution in [0.15, 0.2) is 42.7 Å². The fourth-order valence-corrected chi connectivity index (χ4v) is 2.00. The minimum atomic E-state index is 0.320. The van der Waals surface area contributed by atoms with Gasteiger partial charge in [0.15, 0.2) is 0 Å². The fraction of sp³-hybridized carbons (Fsp3) is 0.312. The predicted octanol–water partition coefficient (Wildman–Crippen LogP) is 3.53. The fourth-order valence-electron chi connectivity index (χ4n) is 2.00. The molecule has 1 aromatic heterocycles. The number of aromatic hydroxyl groups is 1. The lowest BCUT2D eigenvalue weighted by atomic mass is 10.1. The first kappa shape index (κ1) is 13.4. The first-order valence-electron chi connectivity index (χ1n) is 6.60. The van der Waals surface area contributed by atoms with E-state index in [2.05, 4.69) is 24.1 Å². The molecule has 1 heterocycles. The van der Waals surface area contributed by atoms with Gasteiger partial charge in [0, 0.05) is 12.2 Å². The summed E-state index contributed by atoms with van der Waals surface area (Å²) in [6.45, 7) is 4.25. The summed E-state index contributed by atoms with van der Waals surface area (Å²) in [5.41, 5.74) is 3.56. The van der Waals surface area contributed by atoms with E-state index in [0.717, 1.165) is 18.5 Å². The van der Waals surface area contributed by atoms with Crippen LogP contribution >= 0.6 is 0 Å². The van der Waals surface area contributed by atoms with E-state index < -0.39 is 0 Å². The molecule has 100 valence electrons. The molecule has 3 heteroatoms. The number of anilines is 1. The van der Waals surface area contributed by atoms with Gasteiger partial charge in [-0.2, -0.15) is 0 Å². The Balaban J connectivity index is 1.86. The topological polar surface area (TPSA) is 45.2 Å². The van der Waals surface area contributed by atoms with E-state index in [1.807, 2.05) is 30.6 Å². The van der Waals surface area contributed by atoms with Crippen molar-refractivity contribution < 1.29 is 5.11 Å². The van der Waals surface area contributed by atoms with Crippen molar-refractivity contribution >= 4 is 5.69 Å². The SMILES string of the molecule is Cc1ccncc1NC(C)CCc1ccc(O)cc1. The average molecular weight is 256 g/mol. The summed E-state index contributed by atoms with van der Waals surface area (Å²) in [5.74, 6) is 0.320. The molecule has 0 fully saturated rings. The third-order valence-corrected chi connectivity index (χ3v) is 3.24. The van der Waals surface area contributed by atoms with Crippen LogP contribution in [-0.2, 0) is 6.42 Å². The minimum absolute atomic E-state index is 0.320. The number of pyridine rings is 1. The number of hydrogen-bond donors (Lipinski definition) is 2. The van der Waals surface area contributed by atoms with Crippen LogP contribution in [0.3, 0.4) is 0 Å². The lowest BCUT2D eigenvalue weighted by Crippen LogP contribution is -2.16. The molecule has 0 spiro atoms. The Morgan fingerprint density at radius 2 is 1.95 bits per heavy atom. The maximum Gasteiger partial charge on any atom is 0.115 e. The van der Waals surface area contributed by atoms with Crippen molar-refractivity contribution in [3.05, 3.63) is 53.9 Å². The van der Waals surface area contributed by atoms with Gasteiger partial charge < -0.3 is 10.4 Å². The van der Waals surface area contributed by atoms with Crippen molar-refractivity contribution in [1.29, 1.82) is 0 Å². The van der Waals surface area contributed by atoms with Crippen molar-refractivity contribution in [3.8, 4) is 5.75 Å². The largest absolute Gasteiger partial charge is 0.508 e. The smallest absolute Gasteiger partial charge is 0.115 e. The summed E-state index contributed by atoms with van der Waals surface area (Å²) in [6.07, 6.45) is 5.71. The number of rotatable bonds is 5. The Morgan fingerprint density at radius 3 is 2.63 bits per heavy atom. The molecular weight excluding hydrogens is 236 g/mol. The quantitative estimate of drug-likeness (QED) is 0.860. The van der Waals surface area contributed by atoms with E-state index in [0.29, 0.717) is 11.8 Å². The molecule has 0 bridgehead atoms. The van der Waals surface area contributed by atoms with Crippen molar-refractivity contribution in [2.75, 3.05) is 5.32 Å². The van der Waals surface area contributed by atoms with Crippen LogP contribution in [-0.4, -0.2) is 16.1 Å². The molecule has 0 saturated carbocycles. The number of aryl methyl sites for hydroxylation is 2. The molecular formula is C16H20N2O. The standard InChI is InChI=1S/C16H20N2O/c1-12-9-10-17-11-16(12)18-13(2)3-4-14-5-7-15(19)8-6-14/h5-11,13,18-19H,3-4H2,1-2H3. The second kappa shape index (κ2) is 6.23. The highest BCUT2D eigenvalue weighted by molar-refractivity contribution is 5.48. The summed E-state index contributed by atoms with van der Waals surface area (Å²) >= 11 is 0. The Kier molecular flexibility index (Phi) is 4.39. The molecule has 1 atom stereocenters. The van der Waals surface area contributed by atoms with E-state index in [1.54, 1.807) is 12.1 Å². The first-order chi connectivity index (χ1) is 9.15. The van der Waals surface area contributed by atoms with Crippen LogP contribution < -0.4 is 5.32 Å². The zero-order valence-corrected chi connectivity index (χ0v) is 11.4. The van der Waals surface area contributed by atoms with Gasteiger partial charge in [-0.15, -0.1) is 0 Å². The van der Waals surface area contributed by atoms with Gasteiger partial charge in [0.1, 0.15) is 5.75 Å². The monoisotopic (exact) mass is 256 g/mol. The predicted molar refractivity (Wildman–Crippen MR) is 78.5 cm³/mol. The van der Waals surface area contributed by atoms with Crippen LogP contribution in [0.2, 0.25) is 0 Å². The van der Waals surface area contributed by atoms with Crippen LogP contribution in [0, 0.1) is 6.92 Å². The Bertz CT molecular complexity index is 523. The highest BCUT2D eigenvalue weighted by Crippen LogP contribution is 2.16. The lowest BCUT2D eigenvalue weighted by molar-refractivity contribution is 0.475. The van der Waals surface area contributed by atoms with Crippen molar-refractivity contribution in [1.82, 2.24) is 4.98 Å².